The molecule has 0 spiro atoms. The number of amides is 1. The van der Waals surface area contributed by atoms with Crippen LogP contribution in [-0.2, 0) is 11.3 Å². The van der Waals surface area contributed by atoms with Gasteiger partial charge in [0.25, 0.3) is 5.91 Å². The van der Waals surface area contributed by atoms with Crippen LogP contribution in [0.4, 0.5) is 0 Å². The second kappa shape index (κ2) is 7.95. The van der Waals surface area contributed by atoms with Gasteiger partial charge in [-0.25, -0.2) is 0 Å². The summed E-state index contributed by atoms with van der Waals surface area (Å²) in [4.78, 5) is 14.5. The summed E-state index contributed by atoms with van der Waals surface area (Å²) in [5, 5.41) is 12.2. The SMILES string of the molecule is O=C(NCC1CN(Cc2ccccc2)CCO1)c1ccc(O)cc1. The second-order valence-corrected chi connectivity index (χ2v) is 5.97. The average Bonchev–Trinajstić information content (AvgIpc) is 2.61. The molecule has 2 aromatic rings. The fourth-order valence-corrected chi connectivity index (χ4v) is 2.81. The summed E-state index contributed by atoms with van der Waals surface area (Å²) < 4.78 is 5.75. The van der Waals surface area contributed by atoms with Gasteiger partial charge in [0.2, 0.25) is 0 Å². The maximum atomic E-state index is 12.1. The summed E-state index contributed by atoms with van der Waals surface area (Å²) in [6.45, 7) is 3.74. The molecule has 0 aromatic heterocycles. The number of phenolic OH excluding ortho intramolecular Hbond substituents is 1. The summed E-state index contributed by atoms with van der Waals surface area (Å²) in [5.74, 6) is -0.00231. The molecule has 1 amide bonds. The van der Waals surface area contributed by atoms with E-state index in [2.05, 4.69) is 22.3 Å². The van der Waals surface area contributed by atoms with Crippen molar-refractivity contribution in [3.63, 3.8) is 0 Å². The Labute approximate surface area is 141 Å². The lowest BCUT2D eigenvalue weighted by Crippen LogP contribution is -2.47. The number of hydrogen-bond acceptors (Lipinski definition) is 4. The molecule has 0 saturated carbocycles. The van der Waals surface area contributed by atoms with Gasteiger partial charge in [-0.05, 0) is 29.8 Å². The van der Waals surface area contributed by atoms with Gasteiger partial charge in [-0.15, -0.1) is 0 Å². The molecule has 1 fully saturated rings. The Morgan fingerprint density at radius 1 is 1.17 bits per heavy atom. The minimum Gasteiger partial charge on any atom is -0.508 e. The summed E-state index contributed by atoms with van der Waals surface area (Å²) in [6.07, 6.45) is -0.0106. The first kappa shape index (κ1) is 16.5. The molecule has 2 aromatic carbocycles. The highest BCUT2D eigenvalue weighted by Crippen LogP contribution is 2.11. The van der Waals surface area contributed by atoms with Crippen LogP contribution in [0.5, 0.6) is 5.75 Å². The highest BCUT2D eigenvalue weighted by molar-refractivity contribution is 5.94. The topological polar surface area (TPSA) is 61.8 Å². The van der Waals surface area contributed by atoms with Gasteiger partial charge in [-0.2, -0.15) is 0 Å². The average molecular weight is 326 g/mol. The lowest BCUT2D eigenvalue weighted by molar-refractivity contribution is -0.0292. The van der Waals surface area contributed by atoms with Gasteiger partial charge < -0.3 is 15.2 Å². The smallest absolute Gasteiger partial charge is 0.251 e. The van der Waals surface area contributed by atoms with E-state index in [4.69, 9.17) is 4.74 Å². The van der Waals surface area contributed by atoms with Crippen molar-refractivity contribution in [1.29, 1.82) is 0 Å². The number of nitrogens with one attached hydrogen (secondary N) is 1. The number of nitrogens with zero attached hydrogens (tertiary/aromatic N) is 1. The van der Waals surface area contributed by atoms with Crippen LogP contribution in [0.1, 0.15) is 15.9 Å². The molecule has 126 valence electrons. The molecular formula is C19H22N2O3. The lowest BCUT2D eigenvalue weighted by atomic mass is 10.1. The van der Waals surface area contributed by atoms with E-state index in [1.807, 2.05) is 18.2 Å². The first-order valence-electron chi connectivity index (χ1n) is 8.16. The number of ether oxygens (including phenoxy) is 1. The van der Waals surface area contributed by atoms with Crippen LogP contribution in [0.15, 0.2) is 54.6 Å². The standard InChI is InChI=1S/C19H22N2O3/c22-17-8-6-16(7-9-17)19(23)20-12-18-14-21(10-11-24-18)13-15-4-2-1-3-5-15/h1-9,18,22H,10-14H2,(H,20,23). The number of phenols is 1. The maximum Gasteiger partial charge on any atom is 0.251 e. The number of morpholine rings is 1. The van der Waals surface area contributed by atoms with E-state index < -0.39 is 0 Å². The summed E-state index contributed by atoms with van der Waals surface area (Å²) in [6, 6.07) is 16.6. The van der Waals surface area contributed by atoms with Gasteiger partial charge in [0.15, 0.2) is 0 Å². The fourth-order valence-electron chi connectivity index (χ4n) is 2.81. The predicted octanol–water partition coefficient (Wildman–Crippen LogP) is 2.02. The van der Waals surface area contributed by atoms with Crippen molar-refractivity contribution in [3.05, 3.63) is 65.7 Å². The van der Waals surface area contributed by atoms with Crippen LogP contribution in [-0.4, -0.2) is 48.3 Å². The van der Waals surface area contributed by atoms with Crippen LogP contribution in [0, 0.1) is 0 Å². The molecule has 1 aliphatic heterocycles. The highest BCUT2D eigenvalue weighted by Gasteiger charge is 2.21. The number of benzene rings is 2. The Balaban J connectivity index is 1.48. The molecular weight excluding hydrogens is 304 g/mol. The minimum absolute atomic E-state index is 0.0106. The highest BCUT2D eigenvalue weighted by atomic mass is 16.5. The molecule has 0 radical (unpaired) electrons. The van der Waals surface area contributed by atoms with Gasteiger partial charge in [0.1, 0.15) is 5.75 Å². The number of aromatic hydroxyl groups is 1. The van der Waals surface area contributed by atoms with Gasteiger partial charge in [-0.1, -0.05) is 30.3 Å². The van der Waals surface area contributed by atoms with E-state index >= 15 is 0 Å². The number of carbonyl (C=O) groups excluding carboxylic acids is 1. The van der Waals surface area contributed by atoms with Crippen LogP contribution in [0.2, 0.25) is 0 Å². The minimum atomic E-state index is -0.154. The number of carbonyl (C=O) groups is 1. The second-order valence-electron chi connectivity index (χ2n) is 5.97. The molecule has 0 aliphatic carbocycles. The molecule has 1 heterocycles. The summed E-state index contributed by atoms with van der Waals surface area (Å²) in [7, 11) is 0. The Morgan fingerprint density at radius 2 is 1.92 bits per heavy atom. The molecule has 0 bridgehead atoms. The van der Waals surface area contributed by atoms with Crippen molar-refractivity contribution >= 4 is 5.91 Å². The van der Waals surface area contributed by atoms with Gasteiger partial charge in [-0.3, -0.25) is 9.69 Å². The molecule has 1 saturated heterocycles. The molecule has 24 heavy (non-hydrogen) atoms. The molecule has 1 aliphatic rings. The van der Waals surface area contributed by atoms with E-state index in [0.29, 0.717) is 18.7 Å². The van der Waals surface area contributed by atoms with Crippen LogP contribution < -0.4 is 5.32 Å². The molecule has 1 atom stereocenters. The first-order valence-corrected chi connectivity index (χ1v) is 8.16. The maximum absolute atomic E-state index is 12.1. The van der Waals surface area contributed by atoms with Crippen molar-refractivity contribution in [1.82, 2.24) is 10.2 Å². The van der Waals surface area contributed by atoms with E-state index in [0.717, 1.165) is 19.6 Å². The van der Waals surface area contributed by atoms with Gasteiger partial charge >= 0.3 is 0 Å². The van der Waals surface area contributed by atoms with Crippen LogP contribution in [0.3, 0.4) is 0 Å². The molecule has 5 heteroatoms. The Hall–Kier alpha value is -2.37. The quantitative estimate of drug-likeness (QED) is 0.882. The number of hydrogen-bond donors (Lipinski definition) is 2. The van der Waals surface area contributed by atoms with Crippen molar-refractivity contribution < 1.29 is 14.6 Å². The van der Waals surface area contributed by atoms with Crippen LogP contribution >= 0.6 is 0 Å². The zero-order chi connectivity index (χ0) is 16.8. The monoisotopic (exact) mass is 326 g/mol. The largest absolute Gasteiger partial charge is 0.508 e. The number of rotatable bonds is 5. The third-order valence-electron chi connectivity index (χ3n) is 4.09. The third kappa shape index (κ3) is 4.57. The Morgan fingerprint density at radius 3 is 2.67 bits per heavy atom. The van der Waals surface area contributed by atoms with E-state index in [-0.39, 0.29) is 17.8 Å². The van der Waals surface area contributed by atoms with Crippen molar-refractivity contribution in [2.45, 2.75) is 12.6 Å². The summed E-state index contributed by atoms with van der Waals surface area (Å²) in [5.41, 5.74) is 1.82. The zero-order valence-corrected chi connectivity index (χ0v) is 13.5. The molecule has 3 rings (SSSR count). The van der Waals surface area contributed by atoms with Gasteiger partial charge in [0.05, 0.1) is 12.7 Å². The van der Waals surface area contributed by atoms with Crippen molar-refractivity contribution in [3.8, 4) is 5.75 Å². The normalized spacial score (nSPS) is 18.2. The third-order valence-corrected chi connectivity index (χ3v) is 4.09. The Bertz CT molecular complexity index is 658. The predicted molar refractivity (Wildman–Crippen MR) is 91.9 cm³/mol. The lowest BCUT2D eigenvalue weighted by Gasteiger charge is -2.33. The summed E-state index contributed by atoms with van der Waals surface area (Å²) >= 11 is 0. The first-order chi connectivity index (χ1) is 11.7. The van der Waals surface area contributed by atoms with Crippen LogP contribution in [0.25, 0.3) is 0 Å². The van der Waals surface area contributed by atoms with Crippen molar-refractivity contribution in [2.24, 2.45) is 0 Å². The van der Waals surface area contributed by atoms with E-state index in [1.54, 1.807) is 12.1 Å². The molecule has 5 nitrogen and oxygen atoms in total. The zero-order valence-electron chi connectivity index (χ0n) is 13.5. The molecule has 1 unspecified atom stereocenters. The van der Waals surface area contributed by atoms with E-state index in [9.17, 15) is 9.90 Å². The van der Waals surface area contributed by atoms with Crippen molar-refractivity contribution in [2.75, 3.05) is 26.2 Å². The van der Waals surface area contributed by atoms with E-state index in [1.165, 1.54) is 17.7 Å². The Kier molecular flexibility index (Phi) is 5.46. The fraction of sp³-hybridized carbons (Fsp3) is 0.316. The molecule has 2 N–H and O–H groups in total. The van der Waals surface area contributed by atoms with Gasteiger partial charge in [0, 0.05) is 31.7 Å².